The fourth-order valence-electron chi connectivity index (χ4n) is 2.54. The summed E-state index contributed by atoms with van der Waals surface area (Å²) in [7, 11) is 1.76. The fraction of sp³-hybridized carbons (Fsp3) is 0.200. The quantitative estimate of drug-likeness (QED) is 0.701. The number of amides is 1. The smallest absolute Gasteiger partial charge is 0.274 e. The molecule has 2 heterocycles. The molecule has 7 heteroatoms. The van der Waals surface area contributed by atoms with Gasteiger partial charge in [0.15, 0.2) is 11.5 Å². The first kappa shape index (κ1) is 18.8. The van der Waals surface area contributed by atoms with Crippen molar-refractivity contribution in [3.8, 4) is 0 Å². The highest BCUT2D eigenvalue weighted by Crippen LogP contribution is 2.25. The minimum absolute atomic E-state index is 0.165. The van der Waals surface area contributed by atoms with Crippen molar-refractivity contribution in [3.63, 3.8) is 0 Å². The lowest BCUT2D eigenvalue weighted by Crippen LogP contribution is -2.29. The maximum absolute atomic E-state index is 12.5. The van der Waals surface area contributed by atoms with Crippen molar-refractivity contribution in [1.82, 2.24) is 20.1 Å². The fourth-order valence-corrected chi connectivity index (χ4v) is 2.71. The van der Waals surface area contributed by atoms with E-state index in [1.165, 1.54) is 0 Å². The minimum Gasteiger partial charge on any atom is -0.340 e. The van der Waals surface area contributed by atoms with Gasteiger partial charge >= 0.3 is 0 Å². The third kappa shape index (κ3) is 4.80. The first-order chi connectivity index (χ1) is 13.0. The van der Waals surface area contributed by atoms with Gasteiger partial charge in [0.25, 0.3) is 5.91 Å². The van der Waals surface area contributed by atoms with Crippen LogP contribution < -0.4 is 5.32 Å². The van der Waals surface area contributed by atoms with E-state index < -0.39 is 0 Å². The summed E-state index contributed by atoms with van der Waals surface area (Å²) in [5.74, 6) is 0.387. The molecule has 0 bridgehead atoms. The van der Waals surface area contributed by atoms with Gasteiger partial charge in [-0.2, -0.15) is 0 Å². The summed E-state index contributed by atoms with van der Waals surface area (Å²) in [6.45, 7) is 2.51. The third-order valence-corrected chi connectivity index (χ3v) is 4.66. The normalized spacial score (nSPS) is 10.5. The molecular formula is C20H20ClN5O. The van der Waals surface area contributed by atoms with E-state index in [-0.39, 0.29) is 5.91 Å². The number of hydrogen-bond acceptors (Lipinski definition) is 5. The van der Waals surface area contributed by atoms with E-state index in [0.29, 0.717) is 23.1 Å². The Bertz CT molecular complexity index is 915. The van der Waals surface area contributed by atoms with Gasteiger partial charge in [0.05, 0.1) is 0 Å². The second-order valence-electron chi connectivity index (χ2n) is 6.17. The Morgan fingerprint density at radius 2 is 1.89 bits per heavy atom. The minimum atomic E-state index is -0.165. The number of halogens is 1. The van der Waals surface area contributed by atoms with Gasteiger partial charge in [0.2, 0.25) is 0 Å². The summed E-state index contributed by atoms with van der Waals surface area (Å²) in [5.41, 5.74) is 3.22. The highest BCUT2D eigenvalue weighted by Gasteiger charge is 2.14. The summed E-state index contributed by atoms with van der Waals surface area (Å²) in [5, 5.41) is 12.0. The van der Waals surface area contributed by atoms with Gasteiger partial charge in [0, 0.05) is 36.7 Å². The zero-order valence-electron chi connectivity index (χ0n) is 15.2. The molecule has 27 heavy (non-hydrogen) atoms. The first-order valence-corrected chi connectivity index (χ1v) is 8.92. The number of pyridine rings is 1. The van der Waals surface area contributed by atoms with Crippen LogP contribution >= 0.6 is 11.6 Å². The number of nitrogens with zero attached hydrogens (tertiary/aromatic N) is 4. The number of carbonyl (C=O) groups excluding carboxylic acids is 1. The van der Waals surface area contributed by atoms with Crippen LogP contribution in [0.2, 0.25) is 5.02 Å². The van der Waals surface area contributed by atoms with Crippen LogP contribution in [0.5, 0.6) is 0 Å². The van der Waals surface area contributed by atoms with E-state index in [4.69, 9.17) is 11.6 Å². The van der Waals surface area contributed by atoms with Gasteiger partial charge in [-0.15, -0.1) is 10.2 Å². The van der Waals surface area contributed by atoms with Crippen LogP contribution in [0.1, 0.15) is 21.6 Å². The van der Waals surface area contributed by atoms with E-state index in [2.05, 4.69) is 20.5 Å². The van der Waals surface area contributed by atoms with Crippen LogP contribution in [-0.2, 0) is 6.42 Å². The topological polar surface area (TPSA) is 71.0 Å². The summed E-state index contributed by atoms with van der Waals surface area (Å²) in [4.78, 5) is 18.1. The van der Waals surface area contributed by atoms with Crippen molar-refractivity contribution in [3.05, 3.63) is 76.7 Å². The Balaban J connectivity index is 1.62. The first-order valence-electron chi connectivity index (χ1n) is 8.55. The van der Waals surface area contributed by atoms with Crippen LogP contribution in [0.3, 0.4) is 0 Å². The molecule has 3 aromatic rings. The summed E-state index contributed by atoms with van der Waals surface area (Å²) in [6, 6.07) is 12.9. The maximum atomic E-state index is 12.5. The molecule has 0 aliphatic rings. The summed E-state index contributed by atoms with van der Waals surface area (Å²) in [6.07, 6.45) is 4.25. The maximum Gasteiger partial charge on any atom is 0.274 e. The molecule has 0 fully saturated rings. The standard InChI is InChI=1S/C20H20ClN5O/c1-14-16(21)4-3-5-17(14)23-19-7-6-18(24-25-19)20(27)26(2)13-10-15-8-11-22-12-9-15/h3-9,11-12H,10,13H2,1-2H3,(H,23,25). The number of benzene rings is 1. The van der Waals surface area contributed by atoms with Gasteiger partial charge in [-0.3, -0.25) is 9.78 Å². The molecule has 0 saturated carbocycles. The van der Waals surface area contributed by atoms with Gasteiger partial charge in [-0.1, -0.05) is 17.7 Å². The number of aromatic nitrogens is 3. The zero-order valence-corrected chi connectivity index (χ0v) is 15.9. The second kappa shape index (κ2) is 8.60. The van der Waals surface area contributed by atoms with E-state index in [9.17, 15) is 4.79 Å². The molecule has 0 atom stereocenters. The Morgan fingerprint density at radius 1 is 1.11 bits per heavy atom. The molecule has 0 spiro atoms. The molecule has 3 rings (SSSR count). The van der Waals surface area contributed by atoms with Gasteiger partial charge in [-0.05, 0) is 60.9 Å². The number of rotatable bonds is 6. The van der Waals surface area contributed by atoms with Crippen molar-refractivity contribution in [2.75, 3.05) is 18.9 Å². The summed E-state index contributed by atoms with van der Waals surface area (Å²) >= 11 is 6.13. The van der Waals surface area contributed by atoms with Crippen LogP contribution in [0.4, 0.5) is 11.5 Å². The monoisotopic (exact) mass is 381 g/mol. The number of likely N-dealkylation sites (N-methyl/N-ethyl adjacent to an activating group) is 1. The van der Waals surface area contributed by atoms with Crippen LogP contribution in [0, 0.1) is 6.92 Å². The molecule has 1 amide bonds. The number of nitrogens with one attached hydrogen (secondary N) is 1. The number of carbonyl (C=O) groups is 1. The highest BCUT2D eigenvalue weighted by atomic mass is 35.5. The average Bonchev–Trinajstić information content (AvgIpc) is 2.70. The van der Waals surface area contributed by atoms with Gasteiger partial charge < -0.3 is 10.2 Å². The van der Waals surface area contributed by atoms with Crippen molar-refractivity contribution in [2.45, 2.75) is 13.3 Å². The lowest BCUT2D eigenvalue weighted by Gasteiger charge is -2.16. The predicted octanol–water partition coefficient (Wildman–Crippen LogP) is 3.89. The molecule has 138 valence electrons. The van der Waals surface area contributed by atoms with E-state index in [0.717, 1.165) is 23.2 Å². The Kier molecular flexibility index (Phi) is 5.98. The Hall–Kier alpha value is -2.99. The van der Waals surface area contributed by atoms with Crippen molar-refractivity contribution in [1.29, 1.82) is 0 Å². The molecule has 0 aliphatic carbocycles. The Morgan fingerprint density at radius 3 is 2.59 bits per heavy atom. The van der Waals surface area contributed by atoms with Crippen molar-refractivity contribution in [2.24, 2.45) is 0 Å². The van der Waals surface area contributed by atoms with E-state index in [1.54, 1.807) is 36.5 Å². The number of anilines is 2. The number of hydrogen-bond donors (Lipinski definition) is 1. The third-order valence-electron chi connectivity index (χ3n) is 4.25. The Labute approximate surface area is 163 Å². The van der Waals surface area contributed by atoms with Gasteiger partial charge in [-0.25, -0.2) is 0 Å². The van der Waals surface area contributed by atoms with Crippen LogP contribution in [0.25, 0.3) is 0 Å². The SMILES string of the molecule is Cc1c(Cl)cccc1Nc1ccc(C(=O)N(C)CCc2ccncc2)nn1. The lowest BCUT2D eigenvalue weighted by molar-refractivity contribution is 0.0789. The highest BCUT2D eigenvalue weighted by molar-refractivity contribution is 6.31. The second-order valence-corrected chi connectivity index (χ2v) is 6.58. The molecule has 0 aliphatic heterocycles. The molecule has 1 N–H and O–H groups in total. The molecule has 6 nitrogen and oxygen atoms in total. The zero-order chi connectivity index (χ0) is 19.2. The van der Waals surface area contributed by atoms with E-state index >= 15 is 0 Å². The largest absolute Gasteiger partial charge is 0.340 e. The van der Waals surface area contributed by atoms with Gasteiger partial charge in [0.1, 0.15) is 0 Å². The van der Waals surface area contributed by atoms with Crippen molar-refractivity contribution >= 4 is 29.0 Å². The lowest BCUT2D eigenvalue weighted by atomic mass is 10.2. The van der Waals surface area contributed by atoms with E-state index in [1.807, 2.05) is 37.3 Å². The predicted molar refractivity (Wildman–Crippen MR) is 106 cm³/mol. The van der Waals surface area contributed by atoms with Crippen LogP contribution in [0.15, 0.2) is 54.9 Å². The average molecular weight is 382 g/mol. The van der Waals surface area contributed by atoms with Crippen LogP contribution in [-0.4, -0.2) is 39.6 Å². The molecule has 0 unspecified atom stereocenters. The van der Waals surface area contributed by atoms with Crippen molar-refractivity contribution < 1.29 is 4.79 Å². The molecule has 0 saturated heterocycles. The summed E-state index contributed by atoms with van der Waals surface area (Å²) < 4.78 is 0. The molecule has 1 aromatic carbocycles. The molecular weight excluding hydrogens is 362 g/mol. The molecule has 0 radical (unpaired) electrons. The molecule has 2 aromatic heterocycles.